The van der Waals surface area contributed by atoms with Crippen LogP contribution in [-0.2, 0) is 11.2 Å². The van der Waals surface area contributed by atoms with Crippen LogP contribution in [0.25, 0.3) is 0 Å². The van der Waals surface area contributed by atoms with Crippen LogP contribution < -0.4 is 5.32 Å². The number of nitrogens with zero attached hydrogens (tertiary/aromatic N) is 2. The summed E-state index contributed by atoms with van der Waals surface area (Å²) in [5.74, 6) is 0. The standard InChI is InChI=1S/C14H25N3OS/c1-4-9-15-11(5-2)13-17-16-12(19-13)10-14(18-3)7-6-8-14/h11,15H,4-10H2,1-3H3. The minimum atomic E-state index is 0.0510. The summed E-state index contributed by atoms with van der Waals surface area (Å²) < 4.78 is 5.66. The highest BCUT2D eigenvalue weighted by Crippen LogP contribution is 2.38. The summed E-state index contributed by atoms with van der Waals surface area (Å²) in [5.41, 5.74) is 0.0510. The molecule has 19 heavy (non-hydrogen) atoms. The lowest BCUT2D eigenvalue weighted by Crippen LogP contribution is -2.41. The van der Waals surface area contributed by atoms with Crippen LogP contribution in [0.5, 0.6) is 0 Å². The van der Waals surface area contributed by atoms with Crippen molar-refractivity contribution in [3.8, 4) is 0 Å². The lowest BCUT2D eigenvalue weighted by Gasteiger charge is -2.39. The van der Waals surface area contributed by atoms with Gasteiger partial charge in [0.15, 0.2) is 0 Å². The van der Waals surface area contributed by atoms with Gasteiger partial charge in [-0.25, -0.2) is 0 Å². The molecular formula is C14H25N3OS. The highest BCUT2D eigenvalue weighted by molar-refractivity contribution is 7.11. The molecule has 0 amide bonds. The molecule has 0 bridgehead atoms. The van der Waals surface area contributed by atoms with Crippen LogP contribution in [0.4, 0.5) is 0 Å². The smallest absolute Gasteiger partial charge is 0.134 e. The largest absolute Gasteiger partial charge is 0.378 e. The van der Waals surface area contributed by atoms with E-state index >= 15 is 0 Å². The van der Waals surface area contributed by atoms with Crippen LogP contribution in [0.2, 0.25) is 0 Å². The summed E-state index contributed by atoms with van der Waals surface area (Å²) in [6.07, 6.45) is 6.72. The van der Waals surface area contributed by atoms with Crippen molar-refractivity contribution in [2.45, 2.75) is 64.0 Å². The Morgan fingerprint density at radius 1 is 1.37 bits per heavy atom. The van der Waals surface area contributed by atoms with E-state index in [1.807, 2.05) is 7.11 Å². The Hall–Kier alpha value is -0.520. The molecule has 2 rings (SSSR count). The molecule has 108 valence electrons. The van der Waals surface area contributed by atoms with E-state index < -0.39 is 0 Å². The van der Waals surface area contributed by atoms with Gasteiger partial charge in [0.2, 0.25) is 0 Å². The van der Waals surface area contributed by atoms with Crippen LogP contribution in [0.3, 0.4) is 0 Å². The van der Waals surface area contributed by atoms with Gasteiger partial charge in [-0.3, -0.25) is 0 Å². The maximum Gasteiger partial charge on any atom is 0.134 e. The normalized spacial score (nSPS) is 19.1. The molecule has 1 unspecified atom stereocenters. The second-order valence-corrected chi connectivity index (χ2v) is 6.46. The molecule has 1 atom stereocenters. The average Bonchev–Trinajstić information content (AvgIpc) is 2.83. The van der Waals surface area contributed by atoms with E-state index in [9.17, 15) is 0 Å². The second-order valence-electron chi connectivity index (χ2n) is 5.37. The van der Waals surface area contributed by atoms with Gasteiger partial charge in [-0.05, 0) is 38.6 Å². The van der Waals surface area contributed by atoms with Crippen molar-refractivity contribution >= 4 is 11.3 Å². The summed E-state index contributed by atoms with van der Waals surface area (Å²) >= 11 is 1.74. The third-order valence-electron chi connectivity index (χ3n) is 4.00. The molecule has 1 fully saturated rings. The molecule has 0 radical (unpaired) electrons. The summed E-state index contributed by atoms with van der Waals surface area (Å²) in [4.78, 5) is 0. The molecule has 1 aliphatic rings. The molecule has 1 aromatic rings. The monoisotopic (exact) mass is 283 g/mol. The molecule has 0 aromatic carbocycles. The third-order valence-corrected chi connectivity index (χ3v) is 5.04. The van der Waals surface area contributed by atoms with Crippen LogP contribution >= 0.6 is 11.3 Å². The van der Waals surface area contributed by atoms with Crippen LogP contribution in [0, 0.1) is 0 Å². The van der Waals surface area contributed by atoms with Gasteiger partial charge < -0.3 is 10.1 Å². The Labute approximate surface area is 120 Å². The fourth-order valence-corrected chi connectivity index (χ4v) is 3.64. The maximum atomic E-state index is 5.66. The zero-order valence-electron chi connectivity index (χ0n) is 12.2. The summed E-state index contributed by atoms with van der Waals surface area (Å²) in [6.45, 7) is 5.41. The van der Waals surface area contributed by atoms with E-state index in [0.717, 1.165) is 48.7 Å². The highest BCUT2D eigenvalue weighted by Gasteiger charge is 2.38. The van der Waals surface area contributed by atoms with Crippen molar-refractivity contribution < 1.29 is 4.74 Å². The highest BCUT2D eigenvalue weighted by atomic mass is 32.1. The minimum absolute atomic E-state index is 0.0510. The van der Waals surface area contributed by atoms with Gasteiger partial charge in [-0.15, -0.1) is 10.2 Å². The fourth-order valence-electron chi connectivity index (χ4n) is 2.50. The Kier molecular flexibility index (Phi) is 5.30. The van der Waals surface area contributed by atoms with E-state index in [1.165, 1.54) is 6.42 Å². The number of rotatable bonds is 8. The quantitative estimate of drug-likeness (QED) is 0.796. The molecule has 1 aliphatic carbocycles. The number of ether oxygens (including phenoxy) is 1. The van der Waals surface area contributed by atoms with E-state index in [-0.39, 0.29) is 5.60 Å². The Morgan fingerprint density at radius 3 is 2.68 bits per heavy atom. The number of hydrogen-bond donors (Lipinski definition) is 1. The van der Waals surface area contributed by atoms with Crippen molar-refractivity contribution in [2.24, 2.45) is 0 Å². The van der Waals surface area contributed by atoms with Crippen molar-refractivity contribution in [1.29, 1.82) is 0 Å². The van der Waals surface area contributed by atoms with Crippen molar-refractivity contribution in [3.05, 3.63) is 10.0 Å². The van der Waals surface area contributed by atoms with Crippen LogP contribution in [0.1, 0.15) is 62.0 Å². The predicted octanol–water partition coefficient (Wildman–Crippen LogP) is 3.10. The molecule has 5 heteroatoms. The first-order chi connectivity index (χ1) is 9.23. The lowest BCUT2D eigenvalue weighted by molar-refractivity contribution is -0.0709. The molecule has 0 saturated heterocycles. The average molecular weight is 283 g/mol. The van der Waals surface area contributed by atoms with E-state index in [1.54, 1.807) is 11.3 Å². The van der Waals surface area contributed by atoms with Gasteiger partial charge in [-0.2, -0.15) is 0 Å². The van der Waals surface area contributed by atoms with Crippen LogP contribution in [0.15, 0.2) is 0 Å². The summed E-state index contributed by atoms with van der Waals surface area (Å²) in [7, 11) is 1.82. The molecule has 1 aromatic heterocycles. The van der Waals surface area contributed by atoms with Gasteiger partial charge in [0.1, 0.15) is 10.0 Å². The first-order valence-corrected chi connectivity index (χ1v) is 8.15. The van der Waals surface area contributed by atoms with Crippen molar-refractivity contribution in [2.75, 3.05) is 13.7 Å². The van der Waals surface area contributed by atoms with Crippen molar-refractivity contribution in [1.82, 2.24) is 15.5 Å². The predicted molar refractivity (Wildman–Crippen MR) is 78.5 cm³/mol. The van der Waals surface area contributed by atoms with Gasteiger partial charge >= 0.3 is 0 Å². The minimum Gasteiger partial charge on any atom is -0.378 e. The topological polar surface area (TPSA) is 47.0 Å². The summed E-state index contributed by atoms with van der Waals surface area (Å²) in [6, 6.07) is 0.353. The molecule has 1 N–H and O–H groups in total. The number of nitrogens with one attached hydrogen (secondary N) is 1. The number of methoxy groups -OCH3 is 1. The van der Waals surface area contributed by atoms with Gasteiger partial charge in [-0.1, -0.05) is 25.2 Å². The lowest BCUT2D eigenvalue weighted by atomic mass is 9.78. The molecule has 0 aliphatic heterocycles. The van der Waals surface area contributed by atoms with Crippen molar-refractivity contribution in [3.63, 3.8) is 0 Å². The van der Waals surface area contributed by atoms with Crippen LogP contribution in [-0.4, -0.2) is 29.5 Å². The zero-order valence-corrected chi connectivity index (χ0v) is 13.1. The van der Waals surface area contributed by atoms with E-state index in [4.69, 9.17) is 4.74 Å². The Balaban J connectivity index is 1.97. The Morgan fingerprint density at radius 2 is 2.16 bits per heavy atom. The molecular weight excluding hydrogens is 258 g/mol. The van der Waals surface area contributed by atoms with E-state index in [0.29, 0.717) is 6.04 Å². The van der Waals surface area contributed by atoms with Gasteiger partial charge in [0.25, 0.3) is 0 Å². The molecule has 0 spiro atoms. The Bertz CT molecular complexity index is 384. The SMILES string of the molecule is CCCNC(CC)c1nnc(CC2(OC)CCC2)s1. The number of hydrogen-bond acceptors (Lipinski definition) is 5. The first-order valence-electron chi connectivity index (χ1n) is 7.34. The maximum absolute atomic E-state index is 5.66. The van der Waals surface area contributed by atoms with Gasteiger partial charge in [0, 0.05) is 13.5 Å². The molecule has 4 nitrogen and oxygen atoms in total. The second kappa shape index (κ2) is 6.77. The first kappa shape index (κ1) is 14.9. The van der Waals surface area contributed by atoms with Gasteiger partial charge in [0.05, 0.1) is 11.6 Å². The summed E-state index contributed by atoms with van der Waals surface area (Å²) in [5, 5.41) is 14.5. The third kappa shape index (κ3) is 3.52. The molecule has 1 saturated carbocycles. The molecule has 1 heterocycles. The van der Waals surface area contributed by atoms with E-state index in [2.05, 4.69) is 29.4 Å². The fraction of sp³-hybridized carbons (Fsp3) is 0.857. The number of aromatic nitrogens is 2. The zero-order chi connectivity index (χ0) is 13.7.